The van der Waals surface area contributed by atoms with Crippen molar-refractivity contribution >= 4 is 11.7 Å². The molecule has 0 fully saturated rings. The van der Waals surface area contributed by atoms with Crippen molar-refractivity contribution in [2.75, 3.05) is 18.4 Å². The number of aromatic nitrogens is 4. The highest BCUT2D eigenvalue weighted by Gasteiger charge is 2.14. The molecule has 0 bridgehead atoms. The van der Waals surface area contributed by atoms with Gasteiger partial charge in [-0.3, -0.25) is 4.79 Å². The van der Waals surface area contributed by atoms with Crippen LogP contribution in [0, 0.1) is 0 Å². The van der Waals surface area contributed by atoms with Gasteiger partial charge < -0.3 is 10.6 Å². The number of nitrogens with zero attached hydrogens (tertiary/aromatic N) is 4. The summed E-state index contributed by atoms with van der Waals surface area (Å²) in [5.41, 5.74) is 1.94. The largest absolute Gasteiger partial charge is 0.367 e. The van der Waals surface area contributed by atoms with Crippen molar-refractivity contribution in [2.45, 2.75) is 26.2 Å². The lowest BCUT2D eigenvalue weighted by Gasteiger charge is -2.19. The van der Waals surface area contributed by atoms with E-state index in [1.54, 1.807) is 17.1 Å². The van der Waals surface area contributed by atoms with Crippen LogP contribution in [-0.4, -0.2) is 39.0 Å². The molecule has 0 atom stereocenters. The molecule has 0 aliphatic carbocycles. The number of carbonyl (C=O) groups excluding carboxylic acids is 1. The maximum Gasteiger partial charge on any atom is 0.251 e. The molecule has 140 valence electrons. The highest BCUT2D eigenvalue weighted by atomic mass is 16.1. The molecular formula is C20H24N6O. The van der Waals surface area contributed by atoms with E-state index < -0.39 is 0 Å². The van der Waals surface area contributed by atoms with E-state index in [4.69, 9.17) is 0 Å². The van der Waals surface area contributed by atoms with Crippen LogP contribution in [0.5, 0.6) is 0 Å². The third-order valence-electron chi connectivity index (χ3n) is 4.12. The Morgan fingerprint density at radius 3 is 2.41 bits per heavy atom. The number of carbonyl (C=O) groups is 1. The van der Waals surface area contributed by atoms with Gasteiger partial charge in [-0.25, -0.2) is 4.68 Å². The Kier molecular flexibility index (Phi) is 5.49. The number of hydrogen-bond donors (Lipinski definition) is 2. The lowest BCUT2D eigenvalue weighted by Crippen LogP contribution is -2.29. The molecule has 3 rings (SSSR count). The van der Waals surface area contributed by atoms with Crippen LogP contribution >= 0.6 is 0 Å². The molecule has 3 aromatic rings. The quantitative estimate of drug-likeness (QED) is 0.657. The Hall–Kier alpha value is -3.22. The lowest BCUT2D eigenvalue weighted by molar-refractivity contribution is 0.0955. The van der Waals surface area contributed by atoms with E-state index in [1.165, 1.54) is 5.56 Å². The minimum atomic E-state index is -0.0858. The molecule has 1 amide bonds. The van der Waals surface area contributed by atoms with Crippen molar-refractivity contribution < 1.29 is 4.79 Å². The average molecular weight is 364 g/mol. The molecule has 7 nitrogen and oxygen atoms in total. The molecule has 0 saturated heterocycles. The molecule has 1 aromatic carbocycles. The minimum Gasteiger partial charge on any atom is -0.367 e. The molecule has 2 aromatic heterocycles. The van der Waals surface area contributed by atoms with E-state index in [9.17, 15) is 4.79 Å². The average Bonchev–Trinajstić information content (AvgIpc) is 3.20. The fourth-order valence-corrected chi connectivity index (χ4v) is 2.54. The summed E-state index contributed by atoms with van der Waals surface area (Å²) >= 11 is 0. The highest BCUT2D eigenvalue weighted by molar-refractivity contribution is 5.94. The summed E-state index contributed by atoms with van der Waals surface area (Å²) in [6, 6.07) is 13.2. The zero-order valence-electron chi connectivity index (χ0n) is 15.8. The monoisotopic (exact) mass is 364 g/mol. The van der Waals surface area contributed by atoms with E-state index in [1.807, 2.05) is 42.5 Å². The molecule has 27 heavy (non-hydrogen) atoms. The van der Waals surface area contributed by atoms with E-state index in [-0.39, 0.29) is 11.3 Å². The van der Waals surface area contributed by atoms with Gasteiger partial charge >= 0.3 is 0 Å². The normalized spacial score (nSPS) is 11.2. The second-order valence-electron chi connectivity index (χ2n) is 7.24. The number of nitrogens with one attached hydrogen (secondary N) is 2. The number of anilines is 1. The van der Waals surface area contributed by atoms with Crippen LogP contribution in [0.3, 0.4) is 0 Å². The molecule has 2 heterocycles. The maximum atomic E-state index is 12.2. The van der Waals surface area contributed by atoms with Crippen molar-refractivity contribution in [3.05, 3.63) is 66.0 Å². The van der Waals surface area contributed by atoms with Crippen molar-refractivity contribution in [1.29, 1.82) is 0 Å². The van der Waals surface area contributed by atoms with Gasteiger partial charge in [0, 0.05) is 31.0 Å². The van der Waals surface area contributed by atoms with Gasteiger partial charge in [0.15, 0.2) is 5.82 Å². The summed E-state index contributed by atoms with van der Waals surface area (Å²) in [5, 5.41) is 18.4. The highest BCUT2D eigenvalue weighted by Crippen LogP contribution is 2.22. The van der Waals surface area contributed by atoms with Gasteiger partial charge in [0.1, 0.15) is 5.82 Å². The van der Waals surface area contributed by atoms with Gasteiger partial charge in [-0.2, -0.15) is 5.10 Å². The first-order valence-electron chi connectivity index (χ1n) is 8.90. The molecule has 0 spiro atoms. The van der Waals surface area contributed by atoms with Crippen LogP contribution in [0.4, 0.5) is 5.82 Å². The number of amides is 1. The molecular weight excluding hydrogens is 340 g/mol. The summed E-state index contributed by atoms with van der Waals surface area (Å²) in [7, 11) is 0. The van der Waals surface area contributed by atoms with Gasteiger partial charge in [0.25, 0.3) is 5.91 Å². The summed E-state index contributed by atoms with van der Waals surface area (Å²) in [6.07, 6.45) is 3.49. The summed E-state index contributed by atoms with van der Waals surface area (Å²) in [5.74, 6) is 1.21. The summed E-state index contributed by atoms with van der Waals surface area (Å²) < 4.78 is 1.64. The Balaban J connectivity index is 1.45. The Bertz CT molecular complexity index is 864. The zero-order chi connectivity index (χ0) is 19.3. The smallest absolute Gasteiger partial charge is 0.251 e. The van der Waals surface area contributed by atoms with Crippen LogP contribution in [0.2, 0.25) is 0 Å². The summed E-state index contributed by atoms with van der Waals surface area (Å²) in [6.45, 7) is 7.50. The SMILES string of the molecule is CC(C)(C)c1ccc(C(=O)NCCNc2ccc(-n3cccn3)nn2)cc1. The van der Waals surface area contributed by atoms with Crippen LogP contribution in [0.1, 0.15) is 36.7 Å². The second kappa shape index (κ2) is 7.99. The first-order valence-corrected chi connectivity index (χ1v) is 8.90. The van der Waals surface area contributed by atoms with Gasteiger partial charge in [-0.05, 0) is 41.3 Å². The fraction of sp³-hybridized carbons (Fsp3) is 0.300. The van der Waals surface area contributed by atoms with Crippen molar-refractivity contribution in [2.24, 2.45) is 0 Å². The predicted molar refractivity (Wildman–Crippen MR) is 105 cm³/mol. The van der Waals surface area contributed by atoms with Gasteiger partial charge in [0.05, 0.1) is 0 Å². The van der Waals surface area contributed by atoms with Crippen molar-refractivity contribution in [1.82, 2.24) is 25.3 Å². The van der Waals surface area contributed by atoms with Crippen LogP contribution in [-0.2, 0) is 5.41 Å². The van der Waals surface area contributed by atoms with E-state index in [2.05, 4.69) is 46.7 Å². The standard InChI is InChI=1S/C20H24N6O/c1-20(2,3)16-7-5-15(6-8-16)19(27)22-13-12-21-17-9-10-18(25-24-17)26-14-4-11-23-26/h4-11,14H,12-13H2,1-3H3,(H,21,24)(H,22,27). The van der Waals surface area contributed by atoms with E-state index >= 15 is 0 Å². The zero-order valence-corrected chi connectivity index (χ0v) is 15.8. The molecule has 0 radical (unpaired) electrons. The number of hydrogen-bond acceptors (Lipinski definition) is 5. The Morgan fingerprint density at radius 1 is 1.04 bits per heavy atom. The Labute approximate surface area is 158 Å². The molecule has 7 heteroatoms. The van der Waals surface area contributed by atoms with Crippen LogP contribution < -0.4 is 10.6 Å². The predicted octanol–water partition coefficient (Wildman–Crippen LogP) is 2.80. The molecule has 0 aliphatic heterocycles. The number of benzene rings is 1. The van der Waals surface area contributed by atoms with E-state index in [0.717, 1.165) is 0 Å². The fourth-order valence-electron chi connectivity index (χ4n) is 2.54. The molecule has 0 saturated carbocycles. The topological polar surface area (TPSA) is 84.7 Å². The van der Waals surface area contributed by atoms with Crippen molar-refractivity contribution in [3.63, 3.8) is 0 Å². The van der Waals surface area contributed by atoms with Gasteiger partial charge in [-0.15, -0.1) is 10.2 Å². The molecule has 0 unspecified atom stereocenters. The van der Waals surface area contributed by atoms with Crippen LogP contribution in [0.15, 0.2) is 54.9 Å². The lowest BCUT2D eigenvalue weighted by atomic mass is 9.87. The molecule has 0 aliphatic rings. The second-order valence-corrected chi connectivity index (χ2v) is 7.24. The van der Waals surface area contributed by atoms with E-state index in [0.29, 0.717) is 30.3 Å². The first kappa shape index (κ1) is 18.6. The number of rotatable bonds is 6. The Morgan fingerprint density at radius 2 is 1.81 bits per heavy atom. The van der Waals surface area contributed by atoms with Crippen molar-refractivity contribution in [3.8, 4) is 5.82 Å². The third-order valence-corrected chi connectivity index (χ3v) is 4.12. The van der Waals surface area contributed by atoms with Gasteiger partial charge in [-0.1, -0.05) is 32.9 Å². The maximum absolute atomic E-state index is 12.2. The minimum absolute atomic E-state index is 0.0763. The summed E-state index contributed by atoms with van der Waals surface area (Å²) in [4.78, 5) is 12.2. The molecule has 2 N–H and O–H groups in total. The van der Waals surface area contributed by atoms with Gasteiger partial charge in [0.2, 0.25) is 0 Å². The van der Waals surface area contributed by atoms with Crippen LogP contribution in [0.25, 0.3) is 5.82 Å². The first-order chi connectivity index (χ1) is 12.9. The third kappa shape index (κ3) is 4.91.